The van der Waals surface area contributed by atoms with Gasteiger partial charge in [-0.05, 0) is 40.0 Å². The van der Waals surface area contributed by atoms with Gasteiger partial charge in [-0.3, -0.25) is 0 Å². The summed E-state index contributed by atoms with van der Waals surface area (Å²) in [6, 6.07) is 6.11. The Labute approximate surface area is 87.4 Å². The molecule has 0 radical (unpaired) electrons. The molecule has 0 spiro atoms. The van der Waals surface area contributed by atoms with Crippen molar-refractivity contribution in [1.29, 1.82) is 0 Å². The highest BCUT2D eigenvalue weighted by Gasteiger charge is 1.99. The number of benzene rings is 1. The Bertz CT molecular complexity index is 276. The van der Waals surface area contributed by atoms with Crippen LogP contribution in [0.1, 0.15) is 5.56 Å². The zero-order valence-electron chi connectivity index (χ0n) is 7.88. The molecule has 1 rings (SSSR count). The maximum Gasteiger partial charge on any atom is 0.133 e. The van der Waals surface area contributed by atoms with E-state index in [-0.39, 0.29) is 0 Å². The fourth-order valence-electron chi connectivity index (χ4n) is 1.11. The van der Waals surface area contributed by atoms with E-state index in [0.717, 1.165) is 23.2 Å². The van der Waals surface area contributed by atoms with E-state index in [4.69, 9.17) is 4.74 Å². The van der Waals surface area contributed by atoms with Gasteiger partial charge in [0.05, 0.1) is 11.6 Å². The Morgan fingerprint density at radius 2 is 2.23 bits per heavy atom. The van der Waals surface area contributed by atoms with Crippen LogP contribution in [-0.2, 0) is 6.42 Å². The lowest BCUT2D eigenvalue weighted by molar-refractivity contribution is 0.412. The van der Waals surface area contributed by atoms with Crippen LogP contribution in [0.15, 0.2) is 22.7 Å². The molecule has 0 atom stereocenters. The normalized spacial score (nSPS) is 10.1. The molecule has 72 valence electrons. The van der Waals surface area contributed by atoms with Crippen molar-refractivity contribution in [3.05, 3.63) is 33.6 Å². The molecule has 1 aromatic carbocycles. The molecule has 0 aliphatic carbocycles. The monoisotopic (exact) mass is 242 g/mol. The van der Waals surface area contributed by atoms with E-state index >= 15 is 0 Å². The summed E-state index contributed by atoms with van der Waals surface area (Å²) in [5.41, 5.74) is 1.28. The summed E-state index contributed by atoms with van der Waals surface area (Å²) in [6.45, 7) is 0.874. The molecule has 0 aliphatic rings. The van der Waals surface area contributed by atoms with Gasteiger partial charge < -0.3 is 10.1 Å². The van der Waals surface area contributed by atoms with Gasteiger partial charge in [-0.1, -0.05) is 6.07 Å². The minimum atomic E-state index is 0.872. The third-order valence-electron chi connectivity index (χ3n) is 1.84. The zero-order valence-corrected chi connectivity index (χ0v) is 9.47. The van der Waals surface area contributed by atoms with Crippen molar-refractivity contribution in [3.63, 3.8) is 0 Å². The minimum Gasteiger partial charge on any atom is -0.665 e. The summed E-state index contributed by atoms with van der Waals surface area (Å²) in [6.07, 6.45) is 0.985. The molecule has 0 aromatic heterocycles. The predicted molar refractivity (Wildman–Crippen MR) is 58.5 cm³/mol. The number of halogens is 1. The van der Waals surface area contributed by atoms with Gasteiger partial charge in [-0.2, -0.15) is 7.05 Å². The van der Waals surface area contributed by atoms with Gasteiger partial charge >= 0.3 is 0 Å². The smallest absolute Gasteiger partial charge is 0.133 e. The molecule has 0 unspecified atom stereocenters. The number of methoxy groups -OCH3 is 1. The van der Waals surface area contributed by atoms with Crippen LogP contribution in [0.3, 0.4) is 0 Å². The molecule has 2 nitrogen and oxygen atoms in total. The summed E-state index contributed by atoms with van der Waals surface area (Å²) < 4.78 is 6.14. The van der Waals surface area contributed by atoms with E-state index in [2.05, 4.69) is 33.4 Å². The van der Waals surface area contributed by atoms with Crippen molar-refractivity contribution in [3.8, 4) is 5.75 Å². The Morgan fingerprint density at radius 3 is 2.77 bits per heavy atom. The molecule has 0 aliphatic heterocycles. The van der Waals surface area contributed by atoms with Gasteiger partial charge in [0.15, 0.2) is 0 Å². The molecule has 3 heteroatoms. The highest BCUT2D eigenvalue weighted by molar-refractivity contribution is 9.10. The maximum atomic E-state index is 5.13. The lowest BCUT2D eigenvalue weighted by Gasteiger charge is -2.11. The fourth-order valence-corrected chi connectivity index (χ4v) is 1.69. The van der Waals surface area contributed by atoms with Crippen LogP contribution in [0.25, 0.3) is 5.32 Å². The van der Waals surface area contributed by atoms with Crippen molar-refractivity contribution in [1.82, 2.24) is 0 Å². The molecule has 0 fully saturated rings. The van der Waals surface area contributed by atoms with E-state index in [1.54, 1.807) is 7.11 Å². The maximum absolute atomic E-state index is 5.13. The lowest BCUT2D eigenvalue weighted by atomic mass is 10.1. The fraction of sp³-hybridized carbons (Fsp3) is 0.400. The Morgan fingerprint density at radius 1 is 1.46 bits per heavy atom. The van der Waals surface area contributed by atoms with E-state index in [1.165, 1.54) is 5.56 Å². The molecule has 0 saturated heterocycles. The second kappa shape index (κ2) is 5.25. The van der Waals surface area contributed by atoms with E-state index in [9.17, 15) is 0 Å². The topological polar surface area (TPSA) is 23.3 Å². The molecule has 0 bridgehead atoms. The average molecular weight is 243 g/mol. The first-order valence-electron chi connectivity index (χ1n) is 4.16. The summed E-state index contributed by atoms with van der Waals surface area (Å²) in [5, 5.41) is 4.06. The van der Waals surface area contributed by atoms with Gasteiger partial charge in [0, 0.05) is 0 Å². The van der Waals surface area contributed by atoms with Gasteiger partial charge in [-0.25, -0.2) is 0 Å². The second-order valence-electron chi connectivity index (χ2n) is 2.76. The van der Waals surface area contributed by atoms with Gasteiger partial charge in [-0.15, -0.1) is 6.54 Å². The number of nitrogens with zero attached hydrogens (tertiary/aromatic N) is 1. The largest absolute Gasteiger partial charge is 0.665 e. The van der Waals surface area contributed by atoms with Gasteiger partial charge in [0.2, 0.25) is 0 Å². The average Bonchev–Trinajstić information content (AvgIpc) is 2.15. The second-order valence-corrected chi connectivity index (χ2v) is 3.61. The Hall–Kier alpha value is -0.540. The third-order valence-corrected chi connectivity index (χ3v) is 2.46. The van der Waals surface area contributed by atoms with Crippen molar-refractivity contribution < 1.29 is 4.74 Å². The zero-order chi connectivity index (χ0) is 9.68. The quantitative estimate of drug-likeness (QED) is 0.797. The molecular weight excluding hydrogens is 230 g/mol. The highest BCUT2D eigenvalue weighted by Crippen LogP contribution is 2.25. The Kier molecular flexibility index (Phi) is 4.25. The number of hydrogen-bond acceptors (Lipinski definition) is 1. The third kappa shape index (κ3) is 3.01. The predicted octanol–water partition coefficient (Wildman–Crippen LogP) is 3.00. The standard InChI is InChI=1S/C10H13BrNO/c1-12-6-5-8-3-4-10(13-2)9(11)7-8/h3-4,7H,5-6H2,1-2H3/q-1. The molecule has 0 heterocycles. The first-order chi connectivity index (χ1) is 6.27. The van der Waals surface area contributed by atoms with E-state index in [0.29, 0.717) is 0 Å². The van der Waals surface area contributed by atoms with E-state index in [1.807, 2.05) is 13.1 Å². The number of hydrogen-bond donors (Lipinski definition) is 0. The van der Waals surface area contributed by atoms with Crippen molar-refractivity contribution >= 4 is 15.9 Å². The number of likely N-dealkylation sites (N-methyl/N-ethyl adjacent to an activating group) is 1. The number of rotatable bonds is 4. The number of ether oxygens (including phenoxy) is 1. The van der Waals surface area contributed by atoms with Crippen LogP contribution in [0.5, 0.6) is 5.75 Å². The molecule has 0 N–H and O–H groups in total. The van der Waals surface area contributed by atoms with Gasteiger partial charge in [0.1, 0.15) is 5.75 Å². The van der Waals surface area contributed by atoms with E-state index < -0.39 is 0 Å². The highest BCUT2D eigenvalue weighted by atomic mass is 79.9. The molecule has 1 aromatic rings. The summed E-state index contributed by atoms with van der Waals surface area (Å²) in [4.78, 5) is 0. The molecule has 13 heavy (non-hydrogen) atoms. The lowest BCUT2D eigenvalue weighted by Crippen LogP contribution is -1.91. The Balaban J connectivity index is 2.71. The summed E-state index contributed by atoms with van der Waals surface area (Å²) >= 11 is 3.44. The SMILES string of the molecule is C[N-]CCc1ccc(OC)c(Br)c1. The van der Waals surface area contributed by atoms with Crippen LogP contribution in [0.4, 0.5) is 0 Å². The summed E-state index contributed by atoms with van der Waals surface area (Å²) in [5.74, 6) is 0.872. The van der Waals surface area contributed by atoms with Crippen LogP contribution in [0.2, 0.25) is 0 Å². The van der Waals surface area contributed by atoms with Crippen molar-refractivity contribution in [2.75, 3.05) is 20.7 Å². The summed E-state index contributed by atoms with van der Waals surface area (Å²) in [7, 11) is 3.50. The first kappa shape index (κ1) is 10.5. The van der Waals surface area contributed by atoms with Crippen LogP contribution in [0, 0.1) is 0 Å². The first-order valence-corrected chi connectivity index (χ1v) is 4.95. The molecule has 0 amide bonds. The van der Waals surface area contributed by atoms with Crippen molar-refractivity contribution in [2.45, 2.75) is 6.42 Å². The van der Waals surface area contributed by atoms with Crippen molar-refractivity contribution in [2.24, 2.45) is 0 Å². The van der Waals surface area contributed by atoms with Crippen LogP contribution >= 0.6 is 15.9 Å². The van der Waals surface area contributed by atoms with Crippen LogP contribution < -0.4 is 4.74 Å². The molecular formula is C10H13BrNO-. The minimum absolute atomic E-state index is 0.872. The van der Waals surface area contributed by atoms with Crippen LogP contribution in [-0.4, -0.2) is 20.7 Å². The molecule has 0 saturated carbocycles. The van der Waals surface area contributed by atoms with Gasteiger partial charge in [0.25, 0.3) is 0 Å².